The first-order valence-electron chi connectivity index (χ1n) is 8.55. The highest BCUT2D eigenvalue weighted by Gasteiger charge is 2.27. The minimum absolute atomic E-state index is 0.0211. The molecule has 2 N–H and O–H groups in total. The van der Waals surface area contributed by atoms with E-state index in [0.29, 0.717) is 25.6 Å². The van der Waals surface area contributed by atoms with E-state index in [1.54, 1.807) is 0 Å². The Hall–Kier alpha value is -0.810. The molecule has 1 aliphatic rings. The standard InChI is InChI=1S/C17H35N3O2/c1-17(2,3)13-20(10-7-11-21)16(22)18-14-8-6-9-15(12-14)19(4)5/h14-15,21H,6-13H2,1-5H3,(H,18,22). The van der Waals surface area contributed by atoms with Crippen molar-refractivity contribution in [2.45, 2.75) is 65.0 Å². The van der Waals surface area contributed by atoms with Gasteiger partial charge in [0.05, 0.1) is 0 Å². The van der Waals surface area contributed by atoms with Gasteiger partial charge in [-0.2, -0.15) is 0 Å². The first kappa shape index (κ1) is 19.2. The molecule has 130 valence electrons. The minimum atomic E-state index is 0.0211. The van der Waals surface area contributed by atoms with Gasteiger partial charge >= 0.3 is 6.03 Å². The number of carbonyl (C=O) groups excluding carboxylic acids is 1. The van der Waals surface area contributed by atoms with Gasteiger partial charge in [-0.25, -0.2) is 4.79 Å². The first-order valence-corrected chi connectivity index (χ1v) is 8.55. The second-order valence-electron chi connectivity index (χ2n) is 7.99. The number of aliphatic hydroxyl groups is 1. The zero-order chi connectivity index (χ0) is 16.8. The van der Waals surface area contributed by atoms with Crippen molar-refractivity contribution >= 4 is 6.03 Å². The number of nitrogens with one attached hydrogen (secondary N) is 1. The second-order valence-corrected chi connectivity index (χ2v) is 7.99. The third kappa shape index (κ3) is 6.97. The Morgan fingerprint density at radius 2 is 1.95 bits per heavy atom. The van der Waals surface area contributed by atoms with Crippen LogP contribution in [-0.4, -0.2) is 66.8 Å². The molecule has 5 heteroatoms. The lowest BCUT2D eigenvalue weighted by molar-refractivity contribution is 0.151. The third-order valence-corrected chi connectivity index (χ3v) is 4.24. The van der Waals surface area contributed by atoms with Gasteiger partial charge in [-0.1, -0.05) is 20.8 Å². The molecule has 2 atom stereocenters. The van der Waals surface area contributed by atoms with Crippen molar-refractivity contribution in [3.05, 3.63) is 0 Å². The maximum Gasteiger partial charge on any atom is 0.317 e. The Kier molecular flexibility index (Phi) is 7.63. The Bertz CT molecular complexity index is 339. The van der Waals surface area contributed by atoms with Crippen molar-refractivity contribution in [2.75, 3.05) is 33.8 Å². The predicted molar refractivity (Wildman–Crippen MR) is 91.0 cm³/mol. The molecule has 0 bridgehead atoms. The average molecular weight is 313 g/mol. The summed E-state index contributed by atoms with van der Waals surface area (Å²) in [5.41, 5.74) is 0.0610. The number of carbonyl (C=O) groups is 1. The largest absolute Gasteiger partial charge is 0.396 e. The molecular formula is C17H35N3O2. The molecule has 0 aromatic heterocycles. The molecule has 0 saturated heterocycles. The van der Waals surface area contributed by atoms with E-state index >= 15 is 0 Å². The number of rotatable bonds is 6. The molecule has 0 aromatic carbocycles. The van der Waals surface area contributed by atoms with Crippen LogP contribution in [0.2, 0.25) is 0 Å². The summed E-state index contributed by atoms with van der Waals surface area (Å²) in [5.74, 6) is 0. The quantitative estimate of drug-likeness (QED) is 0.791. The molecule has 0 aromatic rings. The molecule has 0 aliphatic heterocycles. The molecular weight excluding hydrogens is 278 g/mol. The SMILES string of the molecule is CN(C)C1CCCC(NC(=O)N(CCCO)CC(C)(C)C)C1. The van der Waals surface area contributed by atoms with Crippen LogP contribution in [0, 0.1) is 5.41 Å². The van der Waals surface area contributed by atoms with E-state index in [9.17, 15) is 4.79 Å². The molecule has 2 unspecified atom stereocenters. The highest BCUT2D eigenvalue weighted by atomic mass is 16.3. The molecule has 1 rings (SSSR count). The van der Waals surface area contributed by atoms with Crippen LogP contribution in [0.1, 0.15) is 52.9 Å². The Balaban J connectivity index is 2.57. The van der Waals surface area contributed by atoms with Crippen molar-refractivity contribution in [3.8, 4) is 0 Å². The number of hydrogen-bond donors (Lipinski definition) is 2. The minimum Gasteiger partial charge on any atom is -0.396 e. The number of amides is 2. The van der Waals surface area contributed by atoms with Crippen LogP contribution in [0.4, 0.5) is 4.79 Å². The molecule has 2 amide bonds. The third-order valence-electron chi connectivity index (χ3n) is 4.24. The summed E-state index contributed by atoms with van der Waals surface area (Å²) in [4.78, 5) is 16.7. The lowest BCUT2D eigenvalue weighted by Crippen LogP contribution is -2.50. The first-order chi connectivity index (χ1) is 10.2. The van der Waals surface area contributed by atoms with Gasteiger partial charge in [0.1, 0.15) is 0 Å². The Labute approximate surface area is 136 Å². The summed E-state index contributed by atoms with van der Waals surface area (Å²) < 4.78 is 0. The molecule has 5 nitrogen and oxygen atoms in total. The molecule has 0 heterocycles. The van der Waals surface area contributed by atoms with Gasteiger partial charge < -0.3 is 20.2 Å². The summed E-state index contributed by atoms with van der Waals surface area (Å²) in [6.07, 6.45) is 5.12. The summed E-state index contributed by atoms with van der Waals surface area (Å²) in [7, 11) is 4.23. The molecule has 1 saturated carbocycles. The summed E-state index contributed by atoms with van der Waals surface area (Å²) in [6.45, 7) is 7.85. The summed E-state index contributed by atoms with van der Waals surface area (Å²) in [6, 6.07) is 0.852. The smallest absolute Gasteiger partial charge is 0.317 e. The van der Waals surface area contributed by atoms with Crippen LogP contribution in [-0.2, 0) is 0 Å². The highest BCUT2D eigenvalue weighted by molar-refractivity contribution is 5.74. The molecule has 1 aliphatic carbocycles. The van der Waals surface area contributed by atoms with Gasteiger partial charge in [0, 0.05) is 31.8 Å². The van der Waals surface area contributed by atoms with Crippen molar-refractivity contribution in [2.24, 2.45) is 5.41 Å². The van der Waals surface area contributed by atoms with E-state index in [2.05, 4.69) is 45.1 Å². The summed E-state index contributed by atoms with van der Waals surface area (Å²) >= 11 is 0. The number of hydrogen-bond acceptors (Lipinski definition) is 3. The van der Waals surface area contributed by atoms with E-state index in [4.69, 9.17) is 5.11 Å². The summed E-state index contributed by atoms with van der Waals surface area (Å²) in [5, 5.41) is 12.3. The monoisotopic (exact) mass is 313 g/mol. The number of urea groups is 1. The van der Waals surface area contributed by atoms with E-state index < -0.39 is 0 Å². The van der Waals surface area contributed by atoms with E-state index in [0.717, 1.165) is 12.8 Å². The number of nitrogens with zero attached hydrogens (tertiary/aromatic N) is 2. The second kappa shape index (κ2) is 8.73. The average Bonchev–Trinajstić information content (AvgIpc) is 2.42. The fourth-order valence-corrected chi connectivity index (χ4v) is 3.12. The maximum atomic E-state index is 12.6. The van der Waals surface area contributed by atoms with E-state index in [1.807, 2.05) is 4.90 Å². The van der Waals surface area contributed by atoms with Crippen molar-refractivity contribution in [1.29, 1.82) is 0 Å². The fourth-order valence-electron chi connectivity index (χ4n) is 3.12. The molecule has 1 fully saturated rings. The molecule has 0 radical (unpaired) electrons. The molecule has 0 spiro atoms. The van der Waals surface area contributed by atoms with Crippen molar-refractivity contribution in [3.63, 3.8) is 0 Å². The van der Waals surface area contributed by atoms with Crippen LogP contribution in [0.5, 0.6) is 0 Å². The van der Waals surface area contributed by atoms with Crippen molar-refractivity contribution < 1.29 is 9.90 Å². The van der Waals surface area contributed by atoms with Crippen molar-refractivity contribution in [1.82, 2.24) is 15.1 Å². The van der Waals surface area contributed by atoms with Gasteiger partial charge in [-0.05, 0) is 51.6 Å². The lowest BCUT2D eigenvalue weighted by atomic mass is 9.90. The topological polar surface area (TPSA) is 55.8 Å². The van der Waals surface area contributed by atoms with E-state index in [1.165, 1.54) is 12.8 Å². The zero-order valence-corrected chi connectivity index (χ0v) is 15.1. The van der Waals surface area contributed by atoms with Crippen LogP contribution in [0.25, 0.3) is 0 Å². The maximum absolute atomic E-state index is 12.6. The predicted octanol–water partition coefficient (Wildman–Crippen LogP) is 2.30. The fraction of sp³-hybridized carbons (Fsp3) is 0.941. The van der Waals surface area contributed by atoms with Gasteiger partial charge in [0.2, 0.25) is 0 Å². The van der Waals surface area contributed by atoms with E-state index in [-0.39, 0.29) is 24.1 Å². The van der Waals surface area contributed by atoms with Crippen LogP contribution in [0.3, 0.4) is 0 Å². The normalized spacial score (nSPS) is 22.7. The number of aliphatic hydroxyl groups excluding tert-OH is 1. The van der Waals surface area contributed by atoms with Crippen LogP contribution in [0.15, 0.2) is 0 Å². The van der Waals surface area contributed by atoms with Crippen LogP contribution < -0.4 is 5.32 Å². The zero-order valence-electron chi connectivity index (χ0n) is 15.1. The van der Waals surface area contributed by atoms with Gasteiger partial charge in [-0.3, -0.25) is 0 Å². The highest BCUT2D eigenvalue weighted by Crippen LogP contribution is 2.22. The van der Waals surface area contributed by atoms with Gasteiger partial charge in [0.15, 0.2) is 0 Å². The van der Waals surface area contributed by atoms with Gasteiger partial charge in [0.25, 0.3) is 0 Å². The van der Waals surface area contributed by atoms with Crippen LogP contribution >= 0.6 is 0 Å². The molecule has 22 heavy (non-hydrogen) atoms. The van der Waals surface area contributed by atoms with Gasteiger partial charge in [-0.15, -0.1) is 0 Å². The Morgan fingerprint density at radius 1 is 1.27 bits per heavy atom. The lowest BCUT2D eigenvalue weighted by Gasteiger charge is -2.36. The Morgan fingerprint density at radius 3 is 2.50 bits per heavy atom.